The molecule has 0 aliphatic rings. The average Bonchev–Trinajstić information content (AvgIpc) is 2.90. The minimum Gasteiger partial charge on any atom is -0.481 e. The molecule has 2 rings (SSSR count). The van der Waals surface area contributed by atoms with E-state index in [4.69, 9.17) is 9.63 Å². The number of rotatable bonds is 5. The molecule has 0 bridgehead atoms. The monoisotopic (exact) mass is 302 g/mol. The maximum absolute atomic E-state index is 12.7. The molecule has 2 aromatic rings. The van der Waals surface area contributed by atoms with Gasteiger partial charge in [-0.05, 0) is 26.0 Å². The predicted octanol–water partition coefficient (Wildman–Crippen LogP) is 2.66. The Labute approximate surface area is 128 Å². The van der Waals surface area contributed by atoms with Crippen LogP contribution in [0.25, 0.3) is 0 Å². The molecule has 1 N–H and O–H groups in total. The highest BCUT2D eigenvalue weighted by atomic mass is 16.5. The number of carboxylic acids is 1. The van der Waals surface area contributed by atoms with Crippen molar-refractivity contribution in [3.05, 3.63) is 47.2 Å². The molecule has 0 spiro atoms. The Hall–Kier alpha value is -2.63. The van der Waals surface area contributed by atoms with Crippen molar-refractivity contribution in [2.45, 2.75) is 20.8 Å². The summed E-state index contributed by atoms with van der Waals surface area (Å²) in [5.41, 5.74) is 1.44. The second kappa shape index (κ2) is 6.43. The fraction of sp³-hybridized carbons (Fsp3) is 0.312. The second-order valence-electron chi connectivity index (χ2n) is 5.32. The Bertz CT molecular complexity index is 693. The first-order chi connectivity index (χ1) is 10.4. The fourth-order valence-corrected chi connectivity index (χ4v) is 2.05. The zero-order valence-electron chi connectivity index (χ0n) is 12.7. The van der Waals surface area contributed by atoms with Crippen molar-refractivity contribution in [2.24, 2.45) is 5.92 Å². The summed E-state index contributed by atoms with van der Waals surface area (Å²) in [4.78, 5) is 25.2. The number of carbonyl (C=O) groups is 2. The van der Waals surface area contributed by atoms with E-state index in [1.54, 1.807) is 38.1 Å². The van der Waals surface area contributed by atoms with E-state index >= 15 is 0 Å². The lowest BCUT2D eigenvalue weighted by molar-refractivity contribution is -0.140. The zero-order chi connectivity index (χ0) is 16.3. The molecule has 0 aliphatic carbocycles. The summed E-state index contributed by atoms with van der Waals surface area (Å²) >= 11 is 0. The first-order valence-corrected chi connectivity index (χ1v) is 6.93. The lowest BCUT2D eigenvalue weighted by Crippen LogP contribution is -2.37. The minimum atomic E-state index is -0.970. The third kappa shape index (κ3) is 3.52. The summed E-state index contributed by atoms with van der Waals surface area (Å²) in [5, 5.41) is 12.9. The van der Waals surface area contributed by atoms with E-state index in [1.807, 2.05) is 13.0 Å². The van der Waals surface area contributed by atoms with E-state index < -0.39 is 11.9 Å². The van der Waals surface area contributed by atoms with Gasteiger partial charge in [0.2, 0.25) is 0 Å². The van der Waals surface area contributed by atoms with Gasteiger partial charge in [-0.1, -0.05) is 29.8 Å². The van der Waals surface area contributed by atoms with E-state index in [9.17, 15) is 9.59 Å². The van der Waals surface area contributed by atoms with Crippen molar-refractivity contribution < 1.29 is 19.2 Å². The molecule has 1 amide bonds. The number of aryl methyl sites for hydroxylation is 2. The summed E-state index contributed by atoms with van der Waals surface area (Å²) in [6.45, 7) is 5.17. The van der Waals surface area contributed by atoms with Crippen LogP contribution in [-0.2, 0) is 4.79 Å². The third-order valence-electron chi connectivity index (χ3n) is 3.28. The van der Waals surface area contributed by atoms with E-state index in [0.29, 0.717) is 17.1 Å². The molecule has 22 heavy (non-hydrogen) atoms. The molecule has 0 saturated heterocycles. The number of carboxylic acid groups (broad SMARTS) is 1. The molecule has 6 nitrogen and oxygen atoms in total. The van der Waals surface area contributed by atoms with Gasteiger partial charge in [0.25, 0.3) is 5.91 Å². The molecule has 0 saturated carbocycles. The smallest absolute Gasteiger partial charge is 0.308 e. The van der Waals surface area contributed by atoms with Gasteiger partial charge in [-0.3, -0.25) is 14.5 Å². The Morgan fingerprint density at radius 2 is 2.05 bits per heavy atom. The van der Waals surface area contributed by atoms with Gasteiger partial charge in [-0.15, -0.1) is 0 Å². The van der Waals surface area contributed by atoms with Crippen LogP contribution in [-0.4, -0.2) is 28.7 Å². The summed E-state index contributed by atoms with van der Waals surface area (Å²) in [6, 6.07) is 8.74. The molecule has 116 valence electrons. The summed E-state index contributed by atoms with van der Waals surface area (Å²) in [6.07, 6.45) is 0. The van der Waals surface area contributed by atoms with Gasteiger partial charge >= 0.3 is 5.97 Å². The Balaban J connectivity index is 2.35. The predicted molar refractivity (Wildman–Crippen MR) is 80.9 cm³/mol. The molecule has 0 radical (unpaired) electrons. The van der Waals surface area contributed by atoms with Gasteiger partial charge in [-0.2, -0.15) is 0 Å². The van der Waals surface area contributed by atoms with E-state index in [1.165, 1.54) is 4.90 Å². The van der Waals surface area contributed by atoms with Gasteiger partial charge in [-0.25, -0.2) is 0 Å². The molecule has 0 fully saturated rings. The molecule has 1 atom stereocenters. The van der Waals surface area contributed by atoms with Gasteiger partial charge in [0, 0.05) is 18.2 Å². The lowest BCUT2D eigenvalue weighted by Gasteiger charge is -2.22. The van der Waals surface area contributed by atoms with Gasteiger partial charge < -0.3 is 9.63 Å². The van der Waals surface area contributed by atoms with Gasteiger partial charge in [0.15, 0.2) is 5.82 Å². The molecule has 1 unspecified atom stereocenters. The minimum absolute atomic E-state index is 0.0219. The highest BCUT2D eigenvalue weighted by molar-refractivity contribution is 6.05. The lowest BCUT2D eigenvalue weighted by atomic mass is 10.1. The first kappa shape index (κ1) is 15.8. The quantitative estimate of drug-likeness (QED) is 0.918. The molecule has 1 aromatic carbocycles. The maximum atomic E-state index is 12.7. The Morgan fingerprint density at radius 3 is 2.59 bits per heavy atom. The van der Waals surface area contributed by atoms with Crippen molar-refractivity contribution >= 4 is 17.7 Å². The van der Waals surface area contributed by atoms with Crippen molar-refractivity contribution in [3.8, 4) is 0 Å². The molecular formula is C16H18N2O4. The number of amides is 1. The van der Waals surface area contributed by atoms with E-state index in [-0.39, 0.29) is 12.5 Å². The first-order valence-electron chi connectivity index (χ1n) is 6.93. The van der Waals surface area contributed by atoms with Crippen LogP contribution in [0.15, 0.2) is 34.9 Å². The van der Waals surface area contributed by atoms with Crippen LogP contribution < -0.4 is 4.90 Å². The van der Waals surface area contributed by atoms with Crippen LogP contribution in [0, 0.1) is 19.8 Å². The zero-order valence-corrected chi connectivity index (χ0v) is 12.7. The van der Waals surface area contributed by atoms with Gasteiger partial charge in [0.05, 0.1) is 5.92 Å². The van der Waals surface area contributed by atoms with Crippen LogP contribution >= 0.6 is 0 Å². The number of nitrogens with zero attached hydrogens (tertiary/aromatic N) is 2. The van der Waals surface area contributed by atoms with Crippen molar-refractivity contribution in [3.63, 3.8) is 0 Å². The van der Waals surface area contributed by atoms with Crippen molar-refractivity contribution in [1.29, 1.82) is 0 Å². The molecular weight excluding hydrogens is 284 g/mol. The summed E-state index contributed by atoms with van der Waals surface area (Å²) in [5.74, 6) is -1.12. The fourth-order valence-electron chi connectivity index (χ4n) is 2.05. The second-order valence-corrected chi connectivity index (χ2v) is 5.32. The third-order valence-corrected chi connectivity index (χ3v) is 3.28. The number of hydrogen-bond donors (Lipinski definition) is 1. The molecule has 1 heterocycles. The van der Waals surface area contributed by atoms with Crippen molar-refractivity contribution in [2.75, 3.05) is 11.4 Å². The normalized spacial score (nSPS) is 12.0. The Kier molecular flexibility index (Phi) is 4.60. The number of benzene rings is 1. The highest BCUT2D eigenvalue weighted by Gasteiger charge is 2.25. The number of anilines is 1. The number of carbonyl (C=O) groups excluding carboxylic acids is 1. The van der Waals surface area contributed by atoms with E-state index in [0.717, 1.165) is 5.56 Å². The van der Waals surface area contributed by atoms with Gasteiger partial charge in [0.1, 0.15) is 5.76 Å². The Morgan fingerprint density at radius 1 is 1.32 bits per heavy atom. The number of aliphatic carboxylic acids is 1. The average molecular weight is 302 g/mol. The van der Waals surface area contributed by atoms with Crippen LogP contribution in [0.3, 0.4) is 0 Å². The molecule has 6 heteroatoms. The largest absolute Gasteiger partial charge is 0.481 e. The SMILES string of the molecule is Cc1cccc(C(=O)N(CC(C)C(=O)O)c2cc(C)on2)c1. The molecule has 0 aliphatic heterocycles. The number of hydrogen-bond acceptors (Lipinski definition) is 4. The highest BCUT2D eigenvalue weighted by Crippen LogP contribution is 2.19. The topological polar surface area (TPSA) is 83.6 Å². The van der Waals surface area contributed by atoms with Crippen molar-refractivity contribution in [1.82, 2.24) is 5.16 Å². The van der Waals surface area contributed by atoms with Crippen LogP contribution in [0.2, 0.25) is 0 Å². The van der Waals surface area contributed by atoms with Crippen LogP contribution in [0.1, 0.15) is 28.6 Å². The van der Waals surface area contributed by atoms with Crippen LogP contribution in [0.5, 0.6) is 0 Å². The molecule has 1 aromatic heterocycles. The van der Waals surface area contributed by atoms with Crippen LogP contribution in [0.4, 0.5) is 5.82 Å². The number of aromatic nitrogens is 1. The van der Waals surface area contributed by atoms with E-state index in [2.05, 4.69) is 5.16 Å². The summed E-state index contributed by atoms with van der Waals surface area (Å²) in [7, 11) is 0. The maximum Gasteiger partial charge on any atom is 0.308 e. The standard InChI is InChI=1S/C16H18N2O4/c1-10-5-4-6-13(7-10)15(19)18(9-11(2)16(20)21)14-8-12(3)22-17-14/h4-8,11H,9H2,1-3H3,(H,20,21). The summed E-state index contributed by atoms with van der Waals surface area (Å²) < 4.78 is 5.01.